The van der Waals surface area contributed by atoms with Crippen LogP contribution < -0.4 is 5.32 Å². The van der Waals surface area contributed by atoms with Crippen molar-refractivity contribution in [3.63, 3.8) is 0 Å². The van der Waals surface area contributed by atoms with Gasteiger partial charge in [0.2, 0.25) is 0 Å². The number of rotatable bonds is 5. The third-order valence-corrected chi connectivity index (χ3v) is 2.81. The van der Waals surface area contributed by atoms with Gasteiger partial charge in [-0.1, -0.05) is 6.07 Å². The van der Waals surface area contributed by atoms with Crippen LogP contribution in [-0.4, -0.2) is 33.0 Å². The zero-order valence-corrected chi connectivity index (χ0v) is 11.1. The quantitative estimate of drug-likeness (QED) is 0.846. The molecule has 0 bridgehead atoms. The summed E-state index contributed by atoms with van der Waals surface area (Å²) in [5.74, 6) is -1.10. The van der Waals surface area contributed by atoms with E-state index < -0.39 is 18.0 Å². The van der Waals surface area contributed by atoms with Crippen molar-refractivity contribution in [1.82, 2.24) is 5.32 Å². The minimum atomic E-state index is -0.580. The van der Waals surface area contributed by atoms with Crippen LogP contribution in [0.5, 0.6) is 0 Å². The number of halogens is 2. The van der Waals surface area contributed by atoms with Crippen LogP contribution >= 0.6 is 15.9 Å². The van der Waals surface area contributed by atoms with E-state index in [1.54, 1.807) is 6.07 Å². The summed E-state index contributed by atoms with van der Waals surface area (Å²) in [6, 6.07) is 4.34. The molecule has 6 heteroatoms. The standard InChI is InChI=1S/C11H13BrFNO3/c1-16-9(17-2)6-14-11(15)10-7(12)4-3-5-8(10)13/h3-5,9H,6H2,1-2H3,(H,14,15). The zero-order chi connectivity index (χ0) is 12.8. The van der Waals surface area contributed by atoms with E-state index in [0.29, 0.717) is 4.47 Å². The largest absolute Gasteiger partial charge is 0.354 e. The minimum Gasteiger partial charge on any atom is -0.354 e. The fourth-order valence-corrected chi connectivity index (χ4v) is 1.76. The second-order valence-electron chi connectivity index (χ2n) is 3.21. The van der Waals surface area contributed by atoms with Gasteiger partial charge in [-0.25, -0.2) is 4.39 Å². The Labute approximate surface area is 107 Å². The molecule has 17 heavy (non-hydrogen) atoms. The Morgan fingerprint density at radius 2 is 2.12 bits per heavy atom. The molecule has 0 aliphatic rings. The maximum Gasteiger partial charge on any atom is 0.255 e. The SMILES string of the molecule is COC(CNC(=O)c1c(F)cccc1Br)OC. The van der Waals surface area contributed by atoms with Crippen molar-refractivity contribution >= 4 is 21.8 Å². The van der Waals surface area contributed by atoms with Gasteiger partial charge < -0.3 is 14.8 Å². The number of amides is 1. The fraction of sp³-hybridized carbons (Fsp3) is 0.364. The van der Waals surface area contributed by atoms with Gasteiger partial charge in [0.1, 0.15) is 5.82 Å². The third kappa shape index (κ3) is 3.76. The summed E-state index contributed by atoms with van der Waals surface area (Å²) < 4.78 is 23.6. The van der Waals surface area contributed by atoms with Gasteiger partial charge in [-0.15, -0.1) is 0 Å². The fourth-order valence-electron chi connectivity index (χ4n) is 1.24. The number of carbonyl (C=O) groups is 1. The molecule has 4 nitrogen and oxygen atoms in total. The highest BCUT2D eigenvalue weighted by molar-refractivity contribution is 9.10. The molecular formula is C11H13BrFNO3. The number of hydrogen-bond donors (Lipinski definition) is 1. The van der Waals surface area contributed by atoms with E-state index in [1.807, 2.05) is 0 Å². The summed E-state index contributed by atoms with van der Waals surface area (Å²) in [5.41, 5.74) is -0.0292. The second-order valence-corrected chi connectivity index (χ2v) is 4.06. The first-order chi connectivity index (χ1) is 8.10. The topological polar surface area (TPSA) is 47.6 Å². The molecule has 0 aliphatic heterocycles. The molecule has 0 heterocycles. The molecule has 1 aromatic rings. The lowest BCUT2D eigenvalue weighted by atomic mass is 10.2. The first-order valence-corrected chi connectivity index (χ1v) is 5.67. The second kappa shape index (κ2) is 6.68. The van der Waals surface area contributed by atoms with Gasteiger partial charge in [0.25, 0.3) is 5.91 Å². The van der Waals surface area contributed by atoms with Crippen LogP contribution in [0.1, 0.15) is 10.4 Å². The van der Waals surface area contributed by atoms with Gasteiger partial charge in [-0.2, -0.15) is 0 Å². The highest BCUT2D eigenvalue weighted by Gasteiger charge is 2.16. The lowest BCUT2D eigenvalue weighted by Gasteiger charge is -2.14. The maximum absolute atomic E-state index is 13.4. The minimum absolute atomic E-state index is 0.0292. The van der Waals surface area contributed by atoms with E-state index >= 15 is 0 Å². The predicted molar refractivity (Wildman–Crippen MR) is 64.2 cm³/mol. The monoisotopic (exact) mass is 305 g/mol. The highest BCUT2D eigenvalue weighted by Crippen LogP contribution is 2.19. The van der Waals surface area contributed by atoms with Crippen molar-refractivity contribution < 1.29 is 18.7 Å². The number of benzene rings is 1. The molecule has 1 rings (SSSR count). The van der Waals surface area contributed by atoms with Crippen LogP contribution in [-0.2, 0) is 9.47 Å². The molecule has 0 saturated heterocycles. The Morgan fingerprint density at radius 1 is 1.47 bits per heavy atom. The molecule has 0 saturated carbocycles. The molecule has 94 valence electrons. The Kier molecular flexibility index (Phi) is 5.54. The van der Waals surface area contributed by atoms with Crippen LogP contribution in [0.3, 0.4) is 0 Å². The van der Waals surface area contributed by atoms with E-state index in [9.17, 15) is 9.18 Å². The van der Waals surface area contributed by atoms with Crippen molar-refractivity contribution in [2.24, 2.45) is 0 Å². The molecule has 1 N–H and O–H groups in total. The number of hydrogen-bond acceptors (Lipinski definition) is 3. The number of carbonyl (C=O) groups excluding carboxylic acids is 1. The van der Waals surface area contributed by atoms with E-state index in [2.05, 4.69) is 21.2 Å². The van der Waals surface area contributed by atoms with Crippen LogP contribution in [0.4, 0.5) is 4.39 Å². The van der Waals surface area contributed by atoms with Crippen LogP contribution in [0, 0.1) is 5.82 Å². The predicted octanol–water partition coefficient (Wildman–Crippen LogP) is 1.94. The lowest BCUT2D eigenvalue weighted by Crippen LogP contribution is -2.34. The van der Waals surface area contributed by atoms with Crippen molar-refractivity contribution in [1.29, 1.82) is 0 Å². The summed E-state index contributed by atoms with van der Waals surface area (Å²) in [7, 11) is 2.92. The molecular weight excluding hydrogens is 293 g/mol. The summed E-state index contributed by atoms with van der Waals surface area (Å²) >= 11 is 3.13. The molecule has 1 aromatic carbocycles. The van der Waals surface area contributed by atoms with Gasteiger partial charge >= 0.3 is 0 Å². The third-order valence-electron chi connectivity index (χ3n) is 2.14. The Bertz CT molecular complexity index is 376. The van der Waals surface area contributed by atoms with E-state index in [1.165, 1.54) is 26.4 Å². The van der Waals surface area contributed by atoms with E-state index in [-0.39, 0.29) is 12.1 Å². The molecule has 0 radical (unpaired) electrons. The summed E-state index contributed by atoms with van der Waals surface area (Å²) in [6.07, 6.45) is -0.551. The first-order valence-electron chi connectivity index (χ1n) is 4.88. The van der Waals surface area contributed by atoms with Crippen molar-refractivity contribution in [3.8, 4) is 0 Å². The summed E-state index contributed by atoms with van der Waals surface area (Å²) in [5, 5.41) is 2.52. The smallest absolute Gasteiger partial charge is 0.255 e. The van der Waals surface area contributed by atoms with Gasteiger partial charge in [0.05, 0.1) is 12.1 Å². The van der Waals surface area contributed by atoms with Crippen LogP contribution in [0.2, 0.25) is 0 Å². The summed E-state index contributed by atoms with van der Waals surface area (Å²) in [6.45, 7) is 0.145. The van der Waals surface area contributed by atoms with Crippen LogP contribution in [0.25, 0.3) is 0 Å². The van der Waals surface area contributed by atoms with Gasteiger partial charge in [0, 0.05) is 18.7 Å². The molecule has 1 amide bonds. The molecule has 0 unspecified atom stereocenters. The number of nitrogens with one attached hydrogen (secondary N) is 1. The zero-order valence-electron chi connectivity index (χ0n) is 9.50. The molecule has 0 aromatic heterocycles. The molecule has 0 atom stereocenters. The highest BCUT2D eigenvalue weighted by atomic mass is 79.9. The van der Waals surface area contributed by atoms with Gasteiger partial charge in [-0.05, 0) is 28.1 Å². The van der Waals surface area contributed by atoms with Crippen molar-refractivity contribution in [2.45, 2.75) is 6.29 Å². The molecule has 0 fully saturated rings. The summed E-state index contributed by atoms with van der Waals surface area (Å²) in [4.78, 5) is 11.7. The average molecular weight is 306 g/mol. The Morgan fingerprint density at radius 3 is 2.65 bits per heavy atom. The number of methoxy groups -OCH3 is 2. The number of ether oxygens (including phenoxy) is 2. The average Bonchev–Trinajstić information content (AvgIpc) is 2.30. The van der Waals surface area contributed by atoms with E-state index in [0.717, 1.165) is 0 Å². The molecule has 0 spiro atoms. The van der Waals surface area contributed by atoms with Crippen molar-refractivity contribution in [3.05, 3.63) is 34.1 Å². The Hall–Kier alpha value is -0.980. The maximum atomic E-state index is 13.4. The Balaban J connectivity index is 2.70. The molecule has 0 aliphatic carbocycles. The van der Waals surface area contributed by atoms with Crippen LogP contribution in [0.15, 0.2) is 22.7 Å². The van der Waals surface area contributed by atoms with Gasteiger partial charge in [-0.3, -0.25) is 4.79 Å². The normalized spacial score (nSPS) is 10.6. The van der Waals surface area contributed by atoms with Gasteiger partial charge in [0.15, 0.2) is 6.29 Å². The van der Waals surface area contributed by atoms with Crippen molar-refractivity contribution in [2.75, 3.05) is 20.8 Å². The lowest BCUT2D eigenvalue weighted by molar-refractivity contribution is -0.0974. The van der Waals surface area contributed by atoms with E-state index in [4.69, 9.17) is 9.47 Å². The first kappa shape index (κ1) is 14.1.